The van der Waals surface area contributed by atoms with E-state index < -0.39 is 6.61 Å². The maximum absolute atomic E-state index is 12.2. The van der Waals surface area contributed by atoms with E-state index in [1.165, 1.54) is 12.5 Å². The lowest BCUT2D eigenvalue weighted by Crippen LogP contribution is -2.21. The maximum Gasteiger partial charge on any atom is 0.387 e. The van der Waals surface area contributed by atoms with Crippen molar-refractivity contribution in [3.8, 4) is 5.75 Å². The van der Waals surface area contributed by atoms with E-state index in [-0.39, 0.29) is 11.8 Å². The van der Waals surface area contributed by atoms with Crippen LogP contribution in [0.25, 0.3) is 0 Å². The highest BCUT2D eigenvalue weighted by atomic mass is 19.3. The molecule has 108 valence electrons. The molecule has 1 aromatic carbocycles. The number of halogens is 2. The molecule has 1 heterocycles. The number of alkyl halides is 2. The second-order valence-corrected chi connectivity index (χ2v) is 4.22. The first-order valence-corrected chi connectivity index (χ1v) is 6.18. The number of hydrogen-bond acceptors (Lipinski definition) is 5. The molecule has 0 spiro atoms. The zero-order chi connectivity index (χ0) is 14.4. The lowest BCUT2D eigenvalue weighted by Gasteiger charge is -2.14. The van der Waals surface area contributed by atoms with E-state index in [4.69, 9.17) is 0 Å². The molecule has 1 atom stereocenters. The zero-order valence-corrected chi connectivity index (χ0v) is 10.9. The van der Waals surface area contributed by atoms with Crippen molar-refractivity contribution in [1.29, 1.82) is 0 Å². The van der Waals surface area contributed by atoms with Gasteiger partial charge in [0.05, 0.1) is 0 Å². The predicted octanol–water partition coefficient (Wildman–Crippen LogP) is 2.56. The molecular weight excluding hydrogens is 268 g/mol. The van der Waals surface area contributed by atoms with Crippen molar-refractivity contribution in [2.75, 3.05) is 6.54 Å². The van der Waals surface area contributed by atoms with Gasteiger partial charge in [-0.15, -0.1) is 0 Å². The molecule has 7 heteroatoms. The number of nitrogens with zero attached hydrogens (tertiary/aromatic N) is 2. The van der Waals surface area contributed by atoms with Crippen LogP contribution in [0.1, 0.15) is 24.4 Å². The van der Waals surface area contributed by atoms with E-state index in [9.17, 15) is 8.78 Å². The summed E-state index contributed by atoms with van der Waals surface area (Å²) >= 11 is 0. The van der Waals surface area contributed by atoms with Gasteiger partial charge >= 0.3 is 6.61 Å². The molecule has 20 heavy (non-hydrogen) atoms. The molecule has 0 saturated carbocycles. The number of ether oxygens (including phenoxy) is 1. The SMILES string of the molecule is CC(NCCc1ncon1)c1cccc(OC(F)F)c1. The predicted molar refractivity (Wildman–Crippen MR) is 67.5 cm³/mol. The van der Waals surface area contributed by atoms with Crippen molar-refractivity contribution in [3.05, 3.63) is 42.0 Å². The molecule has 1 aromatic heterocycles. The van der Waals surface area contributed by atoms with Crippen molar-refractivity contribution in [2.45, 2.75) is 26.0 Å². The van der Waals surface area contributed by atoms with Crippen molar-refractivity contribution < 1.29 is 18.0 Å². The van der Waals surface area contributed by atoms with E-state index in [2.05, 4.69) is 24.7 Å². The Morgan fingerprint density at radius 1 is 1.40 bits per heavy atom. The Labute approximate surface area is 114 Å². The monoisotopic (exact) mass is 283 g/mol. The standard InChI is InChI=1S/C13H15F2N3O2/c1-9(16-6-5-12-17-8-19-18-12)10-3-2-4-11(7-10)20-13(14)15/h2-4,7-9,13,16H,5-6H2,1H3. The van der Waals surface area contributed by atoms with Crippen LogP contribution in [-0.2, 0) is 6.42 Å². The molecule has 0 bridgehead atoms. The largest absolute Gasteiger partial charge is 0.435 e. The Morgan fingerprint density at radius 3 is 2.95 bits per heavy atom. The summed E-state index contributed by atoms with van der Waals surface area (Å²) < 4.78 is 33.3. The fourth-order valence-electron chi connectivity index (χ4n) is 1.78. The third-order valence-electron chi connectivity index (χ3n) is 2.79. The summed E-state index contributed by atoms with van der Waals surface area (Å²) in [6.07, 6.45) is 1.91. The highest BCUT2D eigenvalue weighted by molar-refractivity contribution is 5.30. The van der Waals surface area contributed by atoms with Gasteiger partial charge in [0.2, 0.25) is 6.39 Å². The van der Waals surface area contributed by atoms with Crippen LogP contribution in [0.3, 0.4) is 0 Å². The maximum atomic E-state index is 12.2. The molecule has 0 saturated heterocycles. The van der Waals surface area contributed by atoms with Gasteiger partial charge in [0.25, 0.3) is 0 Å². The van der Waals surface area contributed by atoms with Crippen LogP contribution in [0.5, 0.6) is 5.75 Å². The molecule has 0 aliphatic heterocycles. The van der Waals surface area contributed by atoms with E-state index >= 15 is 0 Å². The first kappa shape index (κ1) is 14.4. The summed E-state index contributed by atoms with van der Waals surface area (Å²) in [6.45, 7) is -0.218. The van der Waals surface area contributed by atoms with E-state index in [0.717, 1.165) is 5.56 Å². The fraction of sp³-hybridized carbons (Fsp3) is 0.385. The number of rotatable bonds is 7. The fourth-order valence-corrected chi connectivity index (χ4v) is 1.78. The molecule has 0 radical (unpaired) electrons. The van der Waals surface area contributed by atoms with Crippen LogP contribution in [0.4, 0.5) is 8.78 Å². The molecular formula is C13H15F2N3O2. The lowest BCUT2D eigenvalue weighted by molar-refractivity contribution is -0.0499. The van der Waals surface area contributed by atoms with E-state index in [1.807, 2.05) is 13.0 Å². The molecule has 0 aliphatic rings. The highest BCUT2D eigenvalue weighted by Gasteiger charge is 2.09. The van der Waals surface area contributed by atoms with Gasteiger partial charge in [0, 0.05) is 19.0 Å². The average molecular weight is 283 g/mol. The summed E-state index contributed by atoms with van der Waals surface area (Å²) in [6, 6.07) is 6.64. The first-order valence-electron chi connectivity index (χ1n) is 6.18. The van der Waals surface area contributed by atoms with Crippen LogP contribution >= 0.6 is 0 Å². The van der Waals surface area contributed by atoms with E-state index in [1.54, 1.807) is 12.1 Å². The Bertz CT molecular complexity index is 520. The molecule has 1 N–H and O–H groups in total. The Kier molecular flexibility index (Phi) is 5.00. The lowest BCUT2D eigenvalue weighted by atomic mass is 10.1. The van der Waals surface area contributed by atoms with Crippen LogP contribution in [0.15, 0.2) is 35.2 Å². The van der Waals surface area contributed by atoms with Gasteiger partial charge in [-0.2, -0.15) is 13.8 Å². The van der Waals surface area contributed by atoms with Gasteiger partial charge < -0.3 is 14.6 Å². The van der Waals surface area contributed by atoms with Crippen LogP contribution in [0, 0.1) is 0 Å². The molecule has 2 aromatic rings. The van der Waals surface area contributed by atoms with Crippen LogP contribution < -0.4 is 10.1 Å². The summed E-state index contributed by atoms with van der Waals surface area (Å²) in [7, 11) is 0. The molecule has 1 unspecified atom stereocenters. The molecule has 0 fully saturated rings. The smallest absolute Gasteiger partial charge is 0.387 e. The Morgan fingerprint density at radius 2 is 2.25 bits per heavy atom. The van der Waals surface area contributed by atoms with Crippen molar-refractivity contribution in [1.82, 2.24) is 15.5 Å². The second-order valence-electron chi connectivity index (χ2n) is 4.22. The third-order valence-corrected chi connectivity index (χ3v) is 2.79. The van der Waals surface area contributed by atoms with Crippen molar-refractivity contribution in [2.24, 2.45) is 0 Å². The van der Waals surface area contributed by atoms with Gasteiger partial charge in [-0.1, -0.05) is 17.3 Å². The molecule has 0 amide bonds. The normalized spacial score (nSPS) is 12.6. The summed E-state index contributed by atoms with van der Waals surface area (Å²) in [5.74, 6) is 0.781. The number of aromatic nitrogens is 2. The topological polar surface area (TPSA) is 60.2 Å². The van der Waals surface area contributed by atoms with Gasteiger partial charge in [-0.05, 0) is 24.6 Å². The van der Waals surface area contributed by atoms with Gasteiger partial charge in [0.1, 0.15) is 5.75 Å². The number of hydrogen-bond donors (Lipinski definition) is 1. The van der Waals surface area contributed by atoms with Gasteiger partial charge in [0.15, 0.2) is 5.82 Å². The summed E-state index contributed by atoms with van der Waals surface area (Å²) in [5.41, 5.74) is 0.872. The van der Waals surface area contributed by atoms with Gasteiger partial charge in [-0.3, -0.25) is 0 Å². The second kappa shape index (κ2) is 6.95. The molecule has 2 rings (SSSR count). The quantitative estimate of drug-likeness (QED) is 0.846. The van der Waals surface area contributed by atoms with Crippen molar-refractivity contribution >= 4 is 0 Å². The van der Waals surface area contributed by atoms with Crippen LogP contribution in [-0.4, -0.2) is 23.3 Å². The zero-order valence-electron chi connectivity index (χ0n) is 10.9. The van der Waals surface area contributed by atoms with E-state index in [0.29, 0.717) is 18.8 Å². The Hall–Kier alpha value is -2.02. The highest BCUT2D eigenvalue weighted by Crippen LogP contribution is 2.20. The molecule has 0 aliphatic carbocycles. The number of nitrogens with one attached hydrogen (secondary N) is 1. The van der Waals surface area contributed by atoms with Gasteiger partial charge in [-0.25, -0.2) is 0 Å². The summed E-state index contributed by atoms with van der Waals surface area (Å²) in [5, 5.41) is 6.96. The van der Waals surface area contributed by atoms with Crippen LogP contribution in [0.2, 0.25) is 0 Å². The number of benzene rings is 1. The minimum absolute atomic E-state index is 0.00289. The first-order chi connectivity index (χ1) is 9.65. The minimum atomic E-state index is -2.81. The summed E-state index contributed by atoms with van der Waals surface area (Å²) in [4.78, 5) is 3.91. The third kappa shape index (κ3) is 4.27. The van der Waals surface area contributed by atoms with Crippen molar-refractivity contribution in [3.63, 3.8) is 0 Å². The molecule has 5 nitrogen and oxygen atoms in total. The Balaban J connectivity index is 1.86. The average Bonchev–Trinajstić information content (AvgIpc) is 2.91. The minimum Gasteiger partial charge on any atom is -0.435 e.